The van der Waals surface area contributed by atoms with E-state index in [1.807, 2.05) is 19.1 Å². The van der Waals surface area contributed by atoms with Crippen LogP contribution in [0.3, 0.4) is 0 Å². The molecule has 5 heteroatoms. The van der Waals surface area contributed by atoms with Gasteiger partial charge in [0.2, 0.25) is 0 Å². The molecule has 1 amide bonds. The van der Waals surface area contributed by atoms with Crippen molar-refractivity contribution < 1.29 is 19.4 Å². The lowest BCUT2D eigenvalue weighted by atomic mass is 9.84. The van der Waals surface area contributed by atoms with E-state index in [1.165, 1.54) is 0 Å². The van der Waals surface area contributed by atoms with Gasteiger partial charge in [0.15, 0.2) is 0 Å². The fraction of sp³-hybridized carbons (Fsp3) is 0.714. The number of nitrogens with zero attached hydrogens (tertiary/aromatic N) is 1. The van der Waals surface area contributed by atoms with Gasteiger partial charge in [-0.2, -0.15) is 0 Å². The van der Waals surface area contributed by atoms with Crippen molar-refractivity contribution in [3.8, 4) is 0 Å². The van der Waals surface area contributed by atoms with Gasteiger partial charge in [-0.15, -0.1) is 0 Å². The highest BCUT2D eigenvalue weighted by molar-refractivity contribution is 5.73. The van der Waals surface area contributed by atoms with E-state index in [9.17, 15) is 9.59 Å². The normalized spacial score (nSPS) is 23.3. The third-order valence-corrected chi connectivity index (χ3v) is 3.28. The van der Waals surface area contributed by atoms with E-state index in [4.69, 9.17) is 9.84 Å². The number of amides is 1. The molecular formula is C14H23NO4. The Morgan fingerprint density at radius 1 is 1.37 bits per heavy atom. The Morgan fingerprint density at radius 3 is 2.47 bits per heavy atom. The molecule has 5 nitrogen and oxygen atoms in total. The molecule has 1 rings (SSSR count). The van der Waals surface area contributed by atoms with E-state index in [2.05, 4.69) is 0 Å². The van der Waals surface area contributed by atoms with E-state index >= 15 is 0 Å². The first kappa shape index (κ1) is 15.5. The molecule has 0 bridgehead atoms. The zero-order valence-electron chi connectivity index (χ0n) is 12.1. The van der Waals surface area contributed by atoms with Gasteiger partial charge in [-0.25, -0.2) is 4.79 Å². The van der Waals surface area contributed by atoms with Crippen LogP contribution in [0.1, 0.15) is 47.0 Å². The molecular weight excluding hydrogens is 246 g/mol. The predicted molar refractivity (Wildman–Crippen MR) is 72.0 cm³/mol. The summed E-state index contributed by atoms with van der Waals surface area (Å²) in [6.07, 6.45) is 4.44. The van der Waals surface area contributed by atoms with E-state index in [0.29, 0.717) is 19.4 Å². The smallest absolute Gasteiger partial charge is 0.411 e. The minimum Gasteiger partial charge on any atom is -0.481 e. The van der Waals surface area contributed by atoms with Crippen LogP contribution in [0.25, 0.3) is 0 Å². The number of carbonyl (C=O) groups is 2. The van der Waals surface area contributed by atoms with Crippen molar-refractivity contribution >= 4 is 12.1 Å². The molecule has 1 aliphatic rings. The largest absolute Gasteiger partial charge is 0.481 e. The number of rotatable bonds is 3. The van der Waals surface area contributed by atoms with Crippen LogP contribution in [-0.2, 0) is 9.53 Å². The fourth-order valence-corrected chi connectivity index (χ4v) is 2.28. The number of ether oxygens (including phenoxy) is 1. The van der Waals surface area contributed by atoms with Gasteiger partial charge < -0.3 is 9.84 Å². The minimum absolute atomic E-state index is 0.0624. The van der Waals surface area contributed by atoms with Gasteiger partial charge in [0.1, 0.15) is 5.60 Å². The molecule has 0 fully saturated rings. The standard InChI is InChI=1S/C14H23NO4/c1-5-14(10-11(16)17)8-6-7-9-15(14)12(18)19-13(2,3)4/h6-7H,5,8-10H2,1-4H3,(H,16,17). The van der Waals surface area contributed by atoms with Gasteiger partial charge in [-0.1, -0.05) is 19.1 Å². The number of carboxylic acid groups (broad SMARTS) is 1. The second kappa shape index (κ2) is 5.63. The summed E-state index contributed by atoms with van der Waals surface area (Å²) < 4.78 is 5.38. The molecule has 0 saturated carbocycles. The maximum atomic E-state index is 12.2. The lowest BCUT2D eigenvalue weighted by molar-refractivity contribution is -0.140. The molecule has 108 valence electrons. The van der Waals surface area contributed by atoms with Crippen LogP contribution in [0, 0.1) is 0 Å². The summed E-state index contributed by atoms with van der Waals surface area (Å²) in [7, 11) is 0. The second-order valence-corrected chi connectivity index (χ2v) is 5.91. The Morgan fingerprint density at radius 2 is 2.00 bits per heavy atom. The zero-order valence-corrected chi connectivity index (χ0v) is 12.1. The Bertz CT molecular complexity index is 383. The Labute approximate surface area is 114 Å². The quantitative estimate of drug-likeness (QED) is 0.800. The van der Waals surface area contributed by atoms with E-state index < -0.39 is 23.2 Å². The number of carboxylic acids is 1. The van der Waals surface area contributed by atoms with Gasteiger partial charge in [0.05, 0.1) is 12.0 Å². The van der Waals surface area contributed by atoms with Crippen LogP contribution in [0.15, 0.2) is 12.2 Å². The van der Waals surface area contributed by atoms with Gasteiger partial charge in [0, 0.05) is 6.54 Å². The topological polar surface area (TPSA) is 66.8 Å². The molecule has 0 aromatic rings. The predicted octanol–water partition coefficient (Wildman–Crippen LogP) is 2.81. The summed E-state index contributed by atoms with van der Waals surface area (Å²) in [5.41, 5.74) is -1.26. The molecule has 0 aliphatic carbocycles. The first-order valence-corrected chi connectivity index (χ1v) is 6.57. The average Bonchev–Trinajstić information content (AvgIpc) is 2.26. The number of hydrogen-bond donors (Lipinski definition) is 1. The molecule has 0 saturated heterocycles. The van der Waals surface area contributed by atoms with Crippen molar-refractivity contribution in [1.82, 2.24) is 4.90 Å². The van der Waals surface area contributed by atoms with Crippen LogP contribution in [-0.4, -0.2) is 39.8 Å². The van der Waals surface area contributed by atoms with Crippen LogP contribution in [0.5, 0.6) is 0 Å². The van der Waals surface area contributed by atoms with Crippen molar-refractivity contribution in [2.24, 2.45) is 0 Å². The molecule has 0 aromatic heterocycles. The van der Waals surface area contributed by atoms with Gasteiger partial charge >= 0.3 is 12.1 Å². The van der Waals surface area contributed by atoms with Crippen LogP contribution < -0.4 is 0 Å². The van der Waals surface area contributed by atoms with E-state index in [1.54, 1.807) is 25.7 Å². The van der Waals surface area contributed by atoms with Crippen molar-refractivity contribution in [1.29, 1.82) is 0 Å². The lowest BCUT2D eigenvalue weighted by Crippen LogP contribution is -2.55. The second-order valence-electron chi connectivity index (χ2n) is 5.91. The SMILES string of the molecule is CCC1(CC(=O)O)CC=CCN1C(=O)OC(C)(C)C. The van der Waals surface area contributed by atoms with E-state index in [0.717, 1.165) is 0 Å². The highest BCUT2D eigenvalue weighted by atomic mass is 16.6. The van der Waals surface area contributed by atoms with Gasteiger partial charge in [-0.3, -0.25) is 9.69 Å². The molecule has 0 aromatic carbocycles. The summed E-state index contributed by atoms with van der Waals surface area (Å²) in [5, 5.41) is 9.09. The highest BCUT2D eigenvalue weighted by Gasteiger charge is 2.42. The van der Waals surface area contributed by atoms with Crippen LogP contribution >= 0.6 is 0 Å². The molecule has 19 heavy (non-hydrogen) atoms. The van der Waals surface area contributed by atoms with Crippen molar-refractivity contribution in [2.75, 3.05) is 6.54 Å². The fourth-order valence-electron chi connectivity index (χ4n) is 2.28. The molecule has 0 radical (unpaired) electrons. The molecule has 1 N–H and O–H groups in total. The third kappa shape index (κ3) is 3.98. The first-order chi connectivity index (χ1) is 8.70. The first-order valence-electron chi connectivity index (χ1n) is 6.57. The van der Waals surface area contributed by atoms with Crippen LogP contribution in [0.2, 0.25) is 0 Å². The maximum absolute atomic E-state index is 12.2. The molecule has 1 aliphatic heterocycles. The summed E-state index contributed by atoms with van der Waals surface area (Å²) >= 11 is 0. The summed E-state index contributed by atoms with van der Waals surface area (Å²) in [6, 6.07) is 0. The van der Waals surface area contributed by atoms with Crippen molar-refractivity contribution in [3.63, 3.8) is 0 Å². The maximum Gasteiger partial charge on any atom is 0.411 e. The number of aliphatic carboxylic acids is 1. The highest BCUT2D eigenvalue weighted by Crippen LogP contribution is 2.32. The van der Waals surface area contributed by atoms with Crippen molar-refractivity contribution in [3.05, 3.63) is 12.2 Å². The van der Waals surface area contributed by atoms with Gasteiger partial charge in [0.25, 0.3) is 0 Å². The Kier molecular flexibility index (Phi) is 4.61. The van der Waals surface area contributed by atoms with Crippen LogP contribution in [0.4, 0.5) is 4.79 Å². The number of hydrogen-bond acceptors (Lipinski definition) is 3. The van der Waals surface area contributed by atoms with Crippen molar-refractivity contribution in [2.45, 2.75) is 58.1 Å². The van der Waals surface area contributed by atoms with E-state index in [-0.39, 0.29) is 6.42 Å². The lowest BCUT2D eigenvalue weighted by Gasteiger charge is -2.44. The summed E-state index contributed by atoms with van der Waals surface area (Å²) in [5.74, 6) is -0.897. The van der Waals surface area contributed by atoms with Gasteiger partial charge in [-0.05, 0) is 33.6 Å². The molecule has 1 heterocycles. The monoisotopic (exact) mass is 269 g/mol. The minimum atomic E-state index is -0.897. The molecule has 0 spiro atoms. The summed E-state index contributed by atoms with van der Waals surface area (Å²) in [4.78, 5) is 24.9. The molecule has 1 unspecified atom stereocenters. The average molecular weight is 269 g/mol. The number of carbonyl (C=O) groups excluding carboxylic acids is 1. The zero-order chi connectivity index (χ0) is 14.7. The Hall–Kier alpha value is -1.52. The molecule has 1 atom stereocenters. The Balaban J connectivity index is 2.97. The summed E-state index contributed by atoms with van der Waals surface area (Å²) in [6.45, 7) is 7.70. The third-order valence-electron chi connectivity index (χ3n) is 3.28.